The summed E-state index contributed by atoms with van der Waals surface area (Å²) < 4.78 is 1.20. The van der Waals surface area contributed by atoms with Gasteiger partial charge in [0.25, 0.3) is 5.56 Å². The van der Waals surface area contributed by atoms with Crippen LogP contribution in [0.2, 0.25) is 0 Å². The summed E-state index contributed by atoms with van der Waals surface area (Å²) >= 11 is 0. The van der Waals surface area contributed by atoms with Crippen LogP contribution < -0.4 is 5.56 Å². The van der Waals surface area contributed by atoms with Gasteiger partial charge in [0, 0.05) is 13.1 Å². The maximum Gasteiger partial charge on any atom is 0.278 e. The zero-order chi connectivity index (χ0) is 15.5. The van der Waals surface area contributed by atoms with Crippen LogP contribution in [0.25, 0.3) is 10.9 Å². The Labute approximate surface area is 128 Å². The molecule has 22 heavy (non-hydrogen) atoms. The maximum absolute atomic E-state index is 12.6. The fourth-order valence-corrected chi connectivity index (χ4v) is 2.92. The lowest BCUT2D eigenvalue weighted by Gasteiger charge is -2.24. The lowest BCUT2D eigenvalue weighted by atomic mass is 10.2. The average Bonchev–Trinajstić information content (AvgIpc) is 2.83. The first-order chi connectivity index (χ1) is 10.7. The molecule has 1 saturated heterocycles. The normalized spacial score (nSPS) is 17.2. The van der Waals surface area contributed by atoms with Crippen LogP contribution in [0, 0.1) is 0 Å². The summed E-state index contributed by atoms with van der Waals surface area (Å²) in [5.41, 5.74) is 0.291. The van der Waals surface area contributed by atoms with E-state index >= 15 is 0 Å². The standard InChI is InChI=1S/C16H20N4O2/c1-12(15(21)19-10-6-2-3-7-11-19)20-16(22)13-8-4-5-9-14(13)17-18-20/h4-5,8-9,12H,2-3,6-7,10-11H2,1H3/t12-/m0/s1. The van der Waals surface area contributed by atoms with Crippen LogP contribution in [0.5, 0.6) is 0 Å². The molecule has 1 fully saturated rings. The van der Waals surface area contributed by atoms with Crippen molar-refractivity contribution in [3.8, 4) is 0 Å². The molecule has 0 radical (unpaired) electrons. The minimum atomic E-state index is -0.622. The van der Waals surface area contributed by atoms with E-state index in [-0.39, 0.29) is 11.5 Å². The minimum absolute atomic E-state index is 0.0476. The van der Waals surface area contributed by atoms with Crippen LogP contribution in [0.3, 0.4) is 0 Å². The zero-order valence-corrected chi connectivity index (χ0v) is 12.7. The third-order valence-corrected chi connectivity index (χ3v) is 4.23. The Morgan fingerprint density at radius 2 is 1.82 bits per heavy atom. The van der Waals surface area contributed by atoms with Gasteiger partial charge in [0.05, 0.1) is 5.39 Å². The van der Waals surface area contributed by atoms with Crippen LogP contribution in [-0.2, 0) is 4.79 Å². The molecule has 1 atom stereocenters. The Bertz CT molecular complexity index is 732. The summed E-state index contributed by atoms with van der Waals surface area (Å²) in [4.78, 5) is 27.0. The summed E-state index contributed by atoms with van der Waals surface area (Å²) in [6.07, 6.45) is 4.37. The summed E-state index contributed by atoms with van der Waals surface area (Å²) in [5.74, 6) is -0.0476. The molecule has 0 bridgehead atoms. The third-order valence-electron chi connectivity index (χ3n) is 4.23. The van der Waals surface area contributed by atoms with Gasteiger partial charge < -0.3 is 4.90 Å². The highest BCUT2D eigenvalue weighted by molar-refractivity contribution is 5.81. The van der Waals surface area contributed by atoms with Gasteiger partial charge in [0.1, 0.15) is 11.6 Å². The molecule has 116 valence electrons. The van der Waals surface area contributed by atoms with Gasteiger partial charge in [-0.2, -0.15) is 4.68 Å². The molecule has 0 aliphatic carbocycles. The SMILES string of the molecule is C[C@@H](C(=O)N1CCCCCC1)n1nnc2ccccc2c1=O. The van der Waals surface area contributed by atoms with Crippen LogP contribution in [-0.4, -0.2) is 38.9 Å². The Kier molecular flexibility index (Phi) is 4.18. The molecular formula is C16H20N4O2. The smallest absolute Gasteiger partial charge is 0.278 e. The van der Waals surface area contributed by atoms with Crippen molar-refractivity contribution in [2.45, 2.75) is 38.6 Å². The van der Waals surface area contributed by atoms with Crippen LogP contribution >= 0.6 is 0 Å². The second-order valence-electron chi connectivity index (χ2n) is 5.77. The predicted octanol–water partition coefficient (Wildman–Crippen LogP) is 1.76. The molecule has 6 heteroatoms. The second-order valence-corrected chi connectivity index (χ2v) is 5.77. The topological polar surface area (TPSA) is 68.1 Å². The first kappa shape index (κ1) is 14.7. The lowest BCUT2D eigenvalue weighted by Crippen LogP contribution is -2.41. The Balaban J connectivity index is 1.91. The van der Waals surface area contributed by atoms with E-state index in [2.05, 4.69) is 10.3 Å². The van der Waals surface area contributed by atoms with E-state index < -0.39 is 6.04 Å². The minimum Gasteiger partial charge on any atom is -0.341 e. The van der Waals surface area contributed by atoms with E-state index in [4.69, 9.17) is 0 Å². The molecule has 1 aromatic carbocycles. The second kappa shape index (κ2) is 6.25. The van der Waals surface area contributed by atoms with Gasteiger partial charge in [-0.15, -0.1) is 5.10 Å². The molecular weight excluding hydrogens is 280 g/mol. The summed E-state index contributed by atoms with van der Waals surface area (Å²) in [6.45, 7) is 3.25. The number of fused-ring (bicyclic) bond motifs is 1. The van der Waals surface area contributed by atoms with Gasteiger partial charge in [0.15, 0.2) is 0 Å². The van der Waals surface area contributed by atoms with E-state index in [1.807, 2.05) is 11.0 Å². The molecule has 1 aliphatic rings. The molecule has 2 heterocycles. The van der Waals surface area contributed by atoms with Crippen molar-refractivity contribution in [1.82, 2.24) is 19.9 Å². The maximum atomic E-state index is 12.6. The van der Waals surface area contributed by atoms with Crippen molar-refractivity contribution in [1.29, 1.82) is 0 Å². The van der Waals surface area contributed by atoms with Crippen molar-refractivity contribution < 1.29 is 4.79 Å². The van der Waals surface area contributed by atoms with Crippen molar-refractivity contribution in [3.63, 3.8) is 0 Å². The third kappa shape index (κ3) is 2.73. The van der Waals surface area contributed by atoms with E-state index in [0.29, 0.717) is 10.9 Å². The lowest BCUT2D eigenvalue weighted by molar-refractivity contribution is -0.134. The molecule has 3 rings (SSSR count). The highest BCUT2D eigenvalue weighted by Crippen LogP contribution is 2.14. The molecule has 0 unspecified atom stereocenters. The zero-order valence-electron chi connectivity index (χ0n) is 12.7. The van der Waals surface area contributed by atoms with Crippen molar-refractivity contribution >= 4 is 16.8 Å². The van der Waals surface area contributed by atoms with Gasteiger partial charge >= 0.3 is 0 Å². The van der Waals surface area contributed by atoms with Crippen molar-refractivity contribution in [2.24, 2.45) is 0 Å². The number of hydrogen-bond acceptors (Lipinski definition) is 4. The fraction of sp³-hybridized carbons (Fsp3) is 0.500. The number of amides is 1. The summed E-state index contributed by atoms with van der Waals surface area (Å²) in [5, 5.41) is 8.50. The molecule has 2 aromatic rings. The van der Waals surface area contributed by atoms with E-state index in [1.54, 1.807) is 25.1 Å². The van der Waals surface area contributed by atoms with Crippen LogP contribution in [0.4, 0.5) is 0 Å². The molecule has 1 aromatic heterocycles. The molecule has 1 aliphatic heterocycles. The highest BCUT2D eigenvalue weighted by Gasteiger charge is 2.25. The van der Waals surface area contributed by atoms with Crippen LogP contribution in [0.1, 0.15) is 38.6 Å². The van der Waals surface area contributed by atoms with Gasteiger partial charge in [-0.1, -0.05) is 30.2 Å². The number of carbonyl (C=O) groups is 1. The Morgan fingerprint density at radius 3 is 2.55 bits per heavy atom. The molecule has 0 N–H and O–H groups in total. The van der Waals surface area contributed by atoms with Crippen LogP contribution in [0.15, 0.2) is 29.1 Å². The quantitative estimate of drug-likeness (QED) is 0.847. The van der Waals surface area contributed by atoms with E-state index in [1.165, 1.54) is 4.68 Å². The molecule has 1 amide bonds. The number of nitrogens with zero attached hydrogens (tertiary/aromatic N) is 4. The monoisotopic (exact) mass is 300 g/mol. The van der Waals surface area contributed by atoms with Gasteiger partial charge in [-0.25, -0.2) is 0 Å². The van der Waals surface area contributed by atoms with Crippen molar-refractivity contribution in [2.75, 3.05) is 13.1 Å². The molecule has 0 saturated carbocycles. The molecule has 6 nitrogen and oxygen atoms in total. The average molecular weight is 300 g/mol. The Hall–Kier alpha value is -2.24. The number of benzene rings is 1. The number of aromatic nitrogens is 3. The van der Waals surface area contributed by atoms with Gasteiger partial charge in [-0.3, -0.25) is 9.59 Å². The number of carbonyl (C=O) groups excluding carboxylic acids is 1. The first-order valence-electron chi connectivity index (χ1n) is 7.81. The first-order valence-corrected chi connectivity index (χ1v) is 7.81. The van der Waals surface area contributed by atoms with Gasteiger partial charge in [-0.05, 0) is 31.9 Å². The fourth-order valence-electron chi connectivity index (χ4n) is 2.92. The summed E-state index contributed by atoms with van der Waals surface area (Å²) in [7, 11) is 0. The predicted molar refractivity (Wildman–Crippen MR) is 83.6 cm³/mol. The van der Waals surface area contributed by atoms with Crippen molar-refractivity contribution in [3.05, 3.63) is 34.6 Å². The summed E-state index contributed by atoms with van der Waals surface area (Å²) in [6, 6.07) is 6.44. The number of rotatable bonds is 2. The number of likely N-dealkylation sites (tertiary alicyclic amines) is 1. The highest BCUT2D eigenvalue weighted by atomic mass is 16.2. The van der Waals surface area contributed by atoms with E-state index in [9.17, 15) is 9.59 Å². The largest absolute Gasteiger partial charge is 0.341 e. The Morgan fingerprint density at radius 1 is 1.14 bits per heavy atom. The van der Waals surface area contributed by atoms with Gasteiger partial charge in [0.2, 0.25) is 5.91 Å². The van der Waals surface area contributed by atoms with E-state index in [0.717, 1.165) is 38.8 Å². The number of hydrogen-bond donors (Lipinski definition) is 0. The molecule has 0 spiro atoms.